The molecule has 0 atom stereocenters. The van der Waals surface area contributed by atoms with E-state index in [9.17, 15) is 9.70 Å². The minimum absolute atomic E-state index is 0.696. The summed E-state index contributed by atoms with van der Waals surface area (Å²) in [5.74, 6) is 0. The number of carbonyl (C=O) groups excluding carboxylic acids is 1. The van der Waals surface area contributed by atoms with E-state index in [2.05, 4.69) is 10.5 Å². The zero-order valence-electron chi connectivity index (χ0n) is 8.36. The summed E-state index contributed by atoms with van der Waals surface area (Å²) < 4.78 is 0. The van der Waals surface area contributed by atoms with Gasteiger partial charge in [0, 0.05) is 31.0 Å². The van der Waals surface area contributed by atoms with Crippen molar-refractivity contribution in [3.63, 3.8) is 0 Å². The average molecular weight is 205 g/mol. The second-order valence-corrected chi connectivity index (χ2v) is 3.49. The van der Waals surface area contributed by atoms with Crippen molar-refractivity contribution in [2.75, 3.05) is 11.9 Å². The van der Waals surface area contributed by atoms with E-state index in [4.69, 9.17) is 0 Å². The van der Waals surface area contributed by atoms with Crippen LogP contribution in [0.15, 0.2) is 23.4 Å². The Morgan fingerprint density at radius 3 is 2.87 bits per heavy atom. The van der Waals surface area contributed by atoms with Crippen LogP contribution in [-0.4, -0.2) is 13.1 Å². The van der Waals surface area contributed by atoms with Crippen LogP contribution in [0.1, 0.15) is 11.1 Å². The molecule has 2 rings (SSSR count). The van der Waals surface area contributed by atoms with Crippen molar-refractivity contribution in [2.45, 2.75) is 13.1 Å². The van der Waals surface area contributed by atoms with Crippen molar-refractivity contribution in [3.8, 4) is 0 Å². The van der Waals surface area contributed by atoms with Gasteiger partial charge in [0.2, 0.25) is 0 Å². The van der Waals surface area contributed by atoms with Gasteiger partial charge in [-0.05, 0) is 23.3 Å². The molecule has 1 aromatic carbocycles. The Balaban J connectivity index is 2.30. The van der Waals surface area contributed by atoms with E-state index in [1.165, 1.54) is 17.5 Å². The van der Waals surface area contributed by atoms with Crippen LogP contribution < -0.4 is 10.2 Å². The standard InChI is InChI=1S/C10H11N3O2/c1-13(10(14)12-15)9-3-2-7-5-11-6-8(7)4-9/h2-4,11H,5-6H2,1H3. The third-order valence-electron chi connectivity index (χ3n) is 2.57. The fourth-order valence-electron chi connectivity index (χ4n) is 1.66. The minimum atomic E-state index is -0.777. The van der Waals surface area contributed by atoms with E-state index < -0.39 is 6.03 Å². The number of hydrogen-bond acceptors (Lipinski definition) is 3. The molecule has 0 bridgehead atoms. The van der Waals surface area contributed by atoms with Gasteiger partial charge < -0.3 is 5.32 Å². The second kappa shape index (κ2) is 3.78. The zero-order valence-corrected chi connectivity index (χ0v) is 8.36. The highest BCUT2D eigenvalue weighted by atomic mass is 16.3. The quantitative estimate of drug-likeness (QED) is 0.708. The maximum Gasteiger partial charge on any atom is 0.385 e. The summed E-state index contributed by atoms with van der Waals surface area (Å²) in [6, 6.07) is 4.90. The predicted octanol–water partition coefficient (Wildman–Crippen LogP) is 1.61. The summed E-state index contributed by atoms with van der Waals surface area (Å²) in [5, 5.41) is 5.59. The van der Waals surface area contributed by atoms with Crippen molar-refractivity contribution in [2.24, 2.45) is 5.18 Å². The molecule has 1 aliphatic heterocycles. The summed E-state index contributed by atoms with van der Waals surface area (Å²) in [5.41, 5.74) is 3.10. The molecular weight excluding hydrogens is 194 g/mol. The van der Waals surface area contributed by atoms with E-state index in [-0.39, 0.29) is 0 Å². The SMILES string of the molecule is CN(C(=O)N=O)c1ccc2c(c1)CNC2. The summed E-state index contributed by atoms with van der Waals surface area (Å²) in [6.07, 6.45) is 0. The molecule has 5 heteroatoms. The summed E-state index contributed by atoms with van der Waals surface area (Å²) in [4.78, 5) is 22.4. The van der Waals surface area contributed by atoms with Crippen LogP contribution in [0.2, 0.25) is 0 Å². The lowest BCUT2D eigenvalue weighted by Gasteiger charge is -2.13. The lowest BCUT2D eigenvalue weighted by Crippen LogP contribution is -2.22. The van der Waals surface area contributed by atoms with Crippen LogP contribution >= 0.6 is 0 Å². The average Bonchev–Trinajstić information content (AvgIpc) is 2.73. The normalized spacial score (nSPS) is 13.4. The number of anilines is 1. The van der Waals surface area contributed by atoms with Gasteiger partial charge in [-0.3, -0.25) is 4.90 Å². The Bertz CT molecular complexity index is 417. The van der Waals surface area contributed by atoms with Gasteiger partial charge in [-0.25, -0.2) is 4.79 Å². The van der Waals surface area contributed by atoms with E-state index in [0.29, 0.717) is 5.69 Å². The largest absolute Gasteiger partial charge is 0.385 e. The predicted molar refractivity (Wildman–Crippen MR) is 56.6 cm³/mol. The van der Waals surface area contributed by atoms with Crippen LogP contribution in [-0.2, 0) is 13.1 Å². The number of amides is 2. The molecular formula is C10H11N3O2. The third-order valence-corrected chi connectivity index (χ3v) is 2.57. The molecule has 15 heavy (non-hydrogen) atoms. The third kappa shape index (κ3) is 1.73. The molecule has 0 radical (unpaired) electrons. The minimum Gasteiger partial charge on any atom is -0.309 e. The van der Waals surface area contributed by atoms with Crippen molar-refractivity contribution in [1.82, 2.24) is 5.32 Å². The van der Waals surface area contributed by atoms with Crippen LogP contribution in [0.25, 0.3) is 0 Å². The number of urea groups is 1. The first-order valence-corrected chi connectivity index (χ1v) is 4.66. The van der Waals surface area contributed by atoms with E-state index in [1.54, 1.807) is 0 Å². The Labute approximate surface area is 87.1 Å². The Morgan fingerprint density at radius 1 is 1.40 bits per heavy atom. The van der Waals surface area contributed by atoms with Crippen LogP contribution in [0.4, 0.5) is 10.5 Å². The number of nitroso groups, excluding NO2 is 1. The molecule has 0 spiro atoms. The Kier molecular flexibility index (Phi) is 2.47. The topological polar surface area (TPSA) is 61.8 Å². The van der Waals surface area contributed by atoms with E-state index in [0.717, 1.165) is 18.7 Å². The first-order valence-electron chi connectivity index (χ1n) is 4.66. The van der Waals surface area contributed by atoms with Gasteiger partial charge in [0.15, 0.2) is 0 Å². The lowest BCUT2D eigenvalue weighted by molar-refractivity contribution is 0.255. The summed E-state index contributed by atoms with van der Waals surface area (Å²) in [7, 11) is 1.54. The highest BCUT2D eigenvalue weighted by molar-refractivity contribution is 5.92. The Morgan fingerprint density at radius 2 is 2.13 bits per heavy atom. The number of hydrogen-bond donors (Lipinski definition) is 1. The van der Waals surface area contributed by atoms with Crippen molar-refractivity contribution < 1.29 is 4.79 Å². The fourth-order valence-corrected chi connectivity index (χ4v) is 1.66. The zero-order chi connectivity index (χ0) is 10.8. The molecule has 0 aliphatic carbocycles. The highest BCUT2D eigenvalue weighted by Crippen LogP contribution is 2.22. The number of nitrogens with zero attached hydrogens (tertiary/aromatic N) is 2. The number of fused-ring (bicyclic) bond motifs is 1. The molecule has 1 N–H and O–H groups in total. The van der Waals surface area contributed by atoms with Crippen molar-refractivity contribution in [1.29, 1.82) is 0 Å². The molecule has 0 saturated heterocycles. The summed E-state index contributed by atoms with van der Waals surface area (Å²) >= 11 is 0. The molecule has 0 aromatic heterocycles. The van der Waals surface area contributed by atoms with E-state index in [1.807, 2.05) is 18.2 Å². The molecule has 0 fully saturated rings. The molecule has 2 amide bonds. The van der Waals surface area contributed by atoms with Gasteiger partial charge in [-0.2, -0.15) is 0 Å². The van der Waals surface area contributed by atoms with Crippen LogP contribution in [0, 0.1) is 4.91 Å². The van der Waals surface area contributed by atoms with Gasteiger partial charge in [0.25, 0.3) is 0 Å². The van der Waals surface area contributed by atoms with Crippen molar-refractivity contribution in [3.05, 3.63) is 34.2 Å². The van der Waals surface area contributed by atoms with E-state index >= 15 is 0 Å². The Hall–Kier alpha value is -1.75. The van der Waals surface area contributed by atoms with Gasteiger partial charge in [0.1, 0.15) is 0 Å². The lowest BCUT2D eigenvalue weighted by atomic mass is 10.1. The smallest absolute Gasteiger partial charge is 0.309 e. The number of nitrogens with one attached hydrogen (secondary N) is 1. The monoisotopic (exact) mass is 205 g/mol. The number of benzene rings is 1. The second-order valence-electron chi connectivity index (χ2n) is 3.49. The first kappa shape index (κ1) is 9.79. The van der Waals surface area contributed by atoms with Gasteiger partial charge in [-0.1, -0.05) is 6.07 Å². The van der Waals surface area contributed by atoms with Gasteiger partial charge in [0.05, 0.1) is 0 Å². The fraction of sp³-hybridized carbons (Fsp3) is 0.300. The number of rotatable bonds is 1. The molecule has 0 saturated carbocycles. The maximum atomic E-state index is 11.0. The molecule has 1 aliphatic rings. The number of carbonyl (C=O) groups is 1. The first-order chi connectivity index (χ1) is 7.22. The van der Waals surface area contributed by atoms with Gasteiger partial charge in [-0.15, -0.1) is 4.91 Å². The van der Waals surface area contributed by atoms with Crippen LogP contribution in [0.3, 0.4) is 0 Å². The summed E-state index contributed by atoms with van der Waals surface area (Å²) in [6.45, 7) is 1.67. The molecule has 78 valence electrons. The molecule has 1 aromatic rings. The molecule has 1 heterocycles. The molecule has 5 nitrogen and oxygen atoms in total. The van der Waals surface area contributed by atoms with Crippen LogP contribution in [0.5, 0.6) is 0 Å². The highest BCUT2D eigenvalue weighted by Gasteiger charge is 2.15. The van der Waals surface area contributed by atoms with Gasteiger partial charge >= 0.3 is 6.03 Å². The van der Waals surface area contributed by atoms with Crippen molar-refractivity contribution >= 4 is 11.7 Å². The maximum absolute atomic E-state index is 11.0. The molecule has 0 unspecified atom stereocenters.